The van der Waals surface area contributed by atoms with Crippen molar-refractivity contribution < 1.29 is 4.74 Å². The number of fused-ring (bicyclic) bond motifs is 1. The third-order valence-electron chi connectivity index (χ3n) is 4.61. The molecule has 2 saturated heterocycles. The highest BCUT2D eigenvalue weighted by atomic mass is 32.1. The van der Waals surface area contributed by atoms with E-state index in [9.17, 15) is 0 Å². The molecule has 2 unspecified atom stereocenters. The summed E-state index contributed by atoms with van der Waals surface area (Å²) in [4.78, 5) is 0.894. The number of hydrogen-bond acceptors (Lipinski definition) is 6. The summed E-state index contributed by atoms with van der Waals surface area (Å²) in [6, 6.07) is 0. The van der Waals surface area contributed by atoms with Gasteiger partial charge in [0.05, 0.1) is 0 Å². The smallest absolute Gasteiger partial charge is 0.234 e. The number of rotatable bonds is 3. The van der Waals surface area contributed by atoms with Crippen LogP contribution in [-0.4, -0.2) is 39.5 Å². The molecular weight excluding hydrogens is 274 g/mol. The second-order valence-electron chi connectivity index (χ2n) is 5.72. The monoisotopic (exact) mass is 293 g/mol. The lowest BCUT2D eigenvalue weighted by Gasteiger charge is -2.22. The molecule has 6 nitrogen and oxygen atoms in total. The van der Waals surface area contributed by atoms with Crippen molar-refractivity contribution in [3.05, 3.63) is 10.8 Å². The maximum Gasteiger partial charge on any atom is 0.234 e. The molecule has 1 N–H and O–H groups in total. The Morgan fingerprint density at radius 2 is 2.45 bits per heavy atom. The summed E-state index contributed by atoms with van der Waals surface area (Å²) in [7, 11) is 0. The second-order valence-corrected chi connectivity index (χ2v) is 6.68. The van der Waals surface area contributed by atoms with Crippen molar-refractivity contribution in [1.82, 2.24) is 25.1 Å². The second kappa shape index (κ2) is 4.75. The zero-order valence-corrected chi connectivity index (χ0v) is 12.4. The Hall–Kier alpha value is -1.05. The van der Waals surface area contributed by atoms with E-state index in [0.29, 0.717) is 0 Å². The molecule has 2 aliphatic heterocycles. The number of nitrogens with one attached hydrogen (secondary N) is 1. The van der Waals surface area contributed by atoms with Crippen LogP contribution in [0.15, 0.2) is 0 Å². The van der Waals surface area contributed by atoms with E-state index in [1.165, 1.54) is 5.01 Å². The van der Waals surface area contributed by atoms with Crippen molar-refractivity contribution in [3.8, 4) is 0 Å². The lowest BCUT2D eigenvalue weighted by atomic mass is 9.85. The molecule has 2 atom stereocenters. The molecule has 0 bridgehead atoms. The van der Waals surface area contributed by atoms with E-state index in [0.717, 1.165) is 56.2 Å². The maximum atomic E-state index is 5.72. The molecular formula is C13H19N5OS. The van der Waals surface area contributed by atoms with E-state index in [2.05, 4.69) is 22.4 Å². The zero-order chi connectivity index (χ0) is 13.6. The molecule has 4 heterocycles. The molecule has 20 heavy (non-hydrogen) atoms. The lowest BCUT2D eigenvalue weighted by molar-refractivity contribution is 0.103. The minimum atomic E-state index is 0.0687. The largest absolute Gasteiger partial charge is 0.370 e. The number of hydrogen-bond donors (Lipinski definition) is 1. The predicted molar refractivity (Wildman–Crippen MR) is 76.0 cm³/mol. The van der Waals surface area contributed by atoms with Gasteiger partial charge < -0.3 is 10.1 Å². The molecule has 0 saturated carbocycles. The average Bonchev–Trinajstić information content (AvgIpc) is 3.21. The average molecular weight is 293 g/mol. The van der Waals surface area contributed by atoms with Gasteiger partial charge in [0.1, 0.15) is 11.1 Å². The normalized spacial score (nSPS) is 30.6. The molecule has 2 aliphatic rings. The van der Waals surface area contributed by atoms with Gasteiger partial charge in [0.15, 0.2) is 5.82 Å². The van der Waals surface area contributed by atoms with Gasteiger partial charge in [-0.15, -0.1) is 10.2 Å². The Morgan fingerprint density at radius 1 is 1.50 bits per heavy atom. The first-order valence-electron chi connectivity index (χ1n) is 7.37. The molecule has 2 fully saturated rings. The minimum absolute atomic E-state index is 0.0687. The SMILES string of the molecule is CCC1(c2nn3c(C4CCCO4)nnc3s2)CCNC1. The maximum absolute atomic E-state index is 5.72. The highest BCUT2D eigenvalue weighted by molar-refractivity contribution is 7.16. The summed E-state index contributed by atoms with van der Waals surface area (Å²) in [5, 5.41) is 18.1. The van der Waals surface area contributed by atoms with Gasteiger partial charge in [0.25, 0.3) is 0 Å². The van der Waals surface area contributed by atoms with Crippen LogP contribution in [0.3, 0.4) is 0 Å². The van der Waals surface area contributed by atoms with Crippen LogP contribution in [0.2, 0.25) is 0 Å². The molecule has 0 aliphatic carbocycles. The molecule has 0 amide bonds. The van der Waals surface area contributed by atoms with Crippen LogP contribution >= 0.6 is 11.3 Å². The fourth-order valence-corrected chi connectivity index (χ4v) is 4.34. The van der Waals surface area contributed by atoms with Crippen molar-refractivity contribution in [2.45, 2.75) is 44.1 Å². The predicted octanol–water partition coefficient (Wildman–Crippen LogP) is 1.68. The van der Waals surface area contributed by atoms with Gasteiger partial charge in [-0.2, -0.15) is 9.61 Å². The van der Waals surface area contributed by atoms with Crippen molar-refractivity contribution in [3.63, 3.8) is 0 Å². The first-order valence-corrected chi connectivity index (χ1v) is 8.19. The lowest BCUT2D eigenvalue weighted by Crippen LogP contribution is -2.28. The molecule has 2 aromatic rings. The van der Waals surface area contributed by atoms with E-state index in [1.54, 1.807) is 11.3 Å². The number of aromatic nitrogens is 4. The van der Waals surface area contributed by atoms with Gasteiger partial charge in [0, 0.05) is 18.6 Å². The van der Waals surface area contributed by atoms with Gasteiger partial charge in [-0.05, 0) is 32.2 Å². The quantitative estimate of drug-likeness (QED) is 0.932. The summed E-state index contributed by atoms with van der Waals surface area (Å²) in [6.45, 7) is 5.16. The van der Waals surface area contributed by atoms with Gasteiger partial charge in [-0.3, -0.25) is 0 Å². The summed E-state index contributed by atoms with van der Waals surface area (Å²) in [5.74, 6) is 0.872. The molecule has 2 aromatic heterocycles. The van der Waals surface area contributed by atoms with Crippen LogP contribution in [0.1, 0.15) is 49.5 Å². The molecule has 0 aromatic carbocycles. The first-order chi connectivity index (χ1) is 9.82. The van der Waals surface area contributed by atoms with E-state index in [1.807, 2.05) is 4.52 Å². The van der Waals surface area contributed by atoms with E-state index < -0.39 is 0 Å². The molecule has 0 spiro atoms. The molecule has 108 valence electrons. The topological polar surface area (TPSA) is 64.3 Å². The van der Waals surface area contributed by atoms with Crippen molar-refractivity contribution in [2.24, 2.45) is 0 Å². The Kier molecular flexibility index (Phi) is 3.01. The summed E-state index contributed by atoms with van der Waals surface area (Å²) in [5.41, 5.74) is 0.180. The Balaban J connectivity index is 1.75. The third kappa shape index (κ3) is 1.80. The zero-order valence-electron chi connectivity index (χ0n) is 11.6. The summed E-state index contributed by atoms with van der Waals surface area (Å²) in [6.07, 6.45) is 4.45. The Morgan fingerprint density at radius 3 is 3.15 bits per heavy atom. The molecule has 4 rings (SSSR count). The Bertz CT molecular complexity index is 609. The van der Waals surface area contributed by atoms with Gasteiger partial charge >= 0.3 is 0 Å². The van der Waals surface area contributed by atoms with Crippen LogP contribution in [0.4, 0.5) is 0 Å². The number of nitrogens with zero attached hydrogens (tertiary/aromatic N) is 4. The minimum Gasteiger partial charge on any atom is -0.370 e. The Labute approximate surface area is 121 Å². The third-order valence-corrected chi connectivity index (χ3v) is 5.75. The van der Waals surface area contributed by atoms with Crippen molar-refractivity contribution >= 4 is 16.3 Å². The van der Waals surface area contributed by atoms with Crippen LogP contribution in [0.25, 0.3) is 4.96 Å². The van der Waals surface area contributed by atoms with Crippen LogP contribution in [0.5, 0.6) is 0 Å². The van der Waals surface area contributed by atoms with E-state index in [-0.39, 0.29) is 11.5 Å². The molecule has 0 radical (unpaired) electrons. The summed E-state index contributed by atoms with van der Waals surface area (Å²) >= 11 is 1.68. The number of ether oxygens (including phenoxy) is 1. The standard InChI is InChI=1S/C13H19N5OS/c1-2-13(5-6-14-8-13)11-17-18-10(9-4-3-7-19-9)15-16-12(18)20-11/h9,14H,2-8H2,1H3. The van der Waals surface area contributed by atoms with Gasteiger partial charge in [0.2, 0.25) is 4.96 Å². The van der Waals surface area contributed by atoms with Crippen LogP contribution in [0, 0.1) is 0 Å². The molecule has 7 heteroatoms. The van der Waals surface area contributed by atoms with E-state index >= 15 is 0 Å². The highest BCUT2D eigenvalue weighted by Crippen LogP contribution is 2.37. The first kappa shape index (κ1) is 12.7. The van der Waals surface area contributed by atoms with E-state index in [4.69, 9.17) is 9.84 Å². The van der Waals surface area contributed by atoms with Gasteiger partial charge in [-0.1, -0.05) is 18.3 Å². The summed E-state index contributed by atoms with van der Waals surface area (Å²) < 4.78 is 7.63. The van der Waals surface area contributed by atoms with Gasteiger partial charge in [-0.25, -0.2) is 0 Å². The van der Waals surface area contributed by atoms with Crippen molar-refractivity contribution in [2.75, 3.05) is 19.7 Å². The van der Waals surface area contributed by atoms with Crippen LogP contribution < -0.4 is 5.32 Å². The van der Waals surface area contributed by atoms with Crippen molar-refractivity contribution in [1.29, 1.82) is 0 Å². The highest BCUT2D eigenvalue weighted by Gasteiger charge is 2.38. The van der Waals surface area contributed by atoms with Crippen LogP contribution in [-0.2, 0) is 10.2 Å². The fraction of sp³-hybridized carbons (Fsp3) is 0.769. The fourth-order valence-electron chi connectivity index (χ4n) is 3.21.